The summed E-state index contributed by atoms with van der Waals surface area (Å²) in [5.74, 6) is 0.927. The number of ether oxygens (including phenoxy) is 1. The monoisotopic (exact) mass is 355 g/mol. The second-order valence-electron chi connectivity index (χ2n) is 7.32. The Morgan fingerprint density at radius 1 is 1.15 bits per heavy atom. The highest BCUT2D eigenvalue weighted by molar-refractivity contribution is 5.79. The van der Waals surface area contributed by atoms with Gasteiger partial charge < -0.3 is 10.1 Å². The van der Waals surface area contributed by atoms with Gasteiger partial charge in [0.25, 0.3) is 5.56 Å². The Balaban J connectivity index is 1.49. The molecule has 4 rings (SSSR count). The fourth-order valence-electron chi connectivity index (χ4n) is 3.81. The molecule has 138 valence electrons. The summed E-state index contributed by atoms with van der Waals surface area (Å²) in [6, 6.07) is 7.79. The van der Waals surface area contributed by atoms with Crippen molar-refractivity contribution in [2.24, 2.45) is 5.92 Å². The maximum absolute atomic E-state index is 12.8. The lowest BCUT2D eigenvalue weighted by Gasteiger charge is -2.28. The lowest BCUT2D eigenvalue weighted by atomic mass is 9.91. The van der Waals surface area contributed by atoms with Gasteiger partial charge in [-0.1, -0.05) is 0 Å². The van der Waals surface area contributed by atoms with Crippen molar-refractivity contribution in [1.29, 1.82) is 0 Å². The molecule has 0 bridgehead atoms. The minimum absolute atomic E-state index is 0.00485. The molecule has 0 spiro atoms. The average Bonchev–Trinajstić information content (AvgIpc) is 2.80. The Kier molecular flexibility index (Phi) is 4.57. The molecule has 26 heavy (non-hydrogen) atoms. The number of carbonyl (C=O) groups excluding carboxylic acids is 1. The fraction of sp³-hybridized carbons (Fsp3) is 0.500. The molecular formula is C20H25N3O3. The Morgan fingerprint density at radius 3 is 2.54 bits per heavy atom. The van der Waals surface area contributed by atoms with Crippen LogP contribution >= 0.6 is 0 Å². The number of methoxy groups -OCH3 is 1. The topological polar surface area (TPSA) is 76.1 Å². The highest BCUT2D eigenvalue weighted by atomic mass is 16.5. The van der Waals surface area contributed by atoms with E-state index in [0.29, 0.717) is 12.5 Å². The van der Waals surface area contributed by atoms with Crippen LogP contribution in [-0.4, -0.2) is 28.8 Å². The van der Waals surface area contributed by atoms with E-state index in [1.54, 1.807) is 11.8 Å². The minimum Gasteiger partial charge on any atom is -0.497 e. The van der Waals surface area contributed by atoms with Crippen molar-refractivity contribution in [1.82, 2.24) is 15.1 Å². The van der Waals surface area contributed by atoms with Gasteiger partial charge in [0.2, 0.25) is 5.91 Å². The van der Waals surface area contributed by atoms with Crippen LogP contribution < -0.4 is 15.6 Å². The van der Waals surface area contributed by atoms with Crippen LogP contribution in [0.1, 0.15) is 43.4 Å². The summed E-state index contributed by atoms with van der Waals surface area (Å²) in [7, 11) is 1.62. The molecule has 1 saturated carbocycles. The van der Waals surface area contributed by atoms with E-state index in [1.807, 2.05) is 24.3 Å². The van der Waals surface area contributed by atoms with Crippen LogP contribution in [0.3, 0.4) is 0 Å². The van der Waals surface area contributed by atoms with Gasteiger partial charge in [0, 0.05) is 23.2 Å². The summed E-state index contributed by atoms with van der Waals surface area (Å²) in [5.41, 5.74) is 2.57. The van der Waals surface area contributed by atoms with E-state index >= 15 is 0 Å². The molecule has 1 atom stereocenters. The van der Waals surface area contributed by atoms with Crippen molar-refractivity contribution in [2.45, 2.75) is 51.0 Å². The van der Waals surface area contributed by atoms with Gasteiger partial charge in [-0.3, -0.25) is 14.7 Å². The first-order valence-corrected chi connectivity index (χ1v) is 9.43. The summed E-state index contributed by atoms with van der Waals surface area (Å²) < 4.78 is 6.77. The number of hydrogen-bond acceptors (Lipinski definition) is 3. The Hall–Kier alpha value is -2.50. The molecule has 6 heteroatoms. The second kappa shape index (κ2) is 7.02. The maximum atomic E-state index is 12.8. The molecule has 1 fully saturated rings. The van der Waals surface area contributed by atoms with Gasteiger partial charge in [0.15, 0.2) is 0 Å². The van der Waals surface area contributed by atoms with Gasteiger partial charge in [-0.25, -0.2) is 4.68 Å². The number of hydrogen-bond donors (Lipinski definition) is 2. The first kappa shape index (κ1) is 16.9. The number of amides is 1. The van der Waals surface area contributed by atoms with Crippen LogP contribution in [0.15, 0.2) is 29.1 Å². The van der Waals surface area contributed by atoms with E-state index < -0.39 is 0 Å². The van der Waals surface area contributed by atoms with Crippen molar-refractivity contribution in [3.8, 4) is 11.4 Å². The average molecular weight is 355 g/mol. The quantitative estimate of drug-likeness (QED) is 0.827. The molecule has 0 aliphatic heterocycles. The molecule has 0 saturated heterocycles. The Morgan fingerprint density at radius 2 is 1.88 bits per heavy atom. The Bertz CT molecular complexity index is 846. The van der Waals surface area contributed by atoms with E-state index in [1.165, 1.54) is 6.42 Å². The fourth-order valence-corrected chi connectivity index (χ4v) is 3.81. The summed E-state index contributed by atoms with van der Waals surface area (Å²) in [6.07, 6.45) is 6.32. The van der Waals surface area contributed by atoms with Gasteiger partial charge in [-0.2, -0.15) is 0 Å². The lowest BCUT2D eigenvalue weighted by Crippen LogP contribution is -2.42. The molecular weight excluding hydrogens is 330 g/mol. The van der Waals surface area contributed by atoms with Crippen molar-refractivity contribution in [2.75, 3.05) is 7.11 Å². The van der Waals surface area contributed by atoms with Crippen molar-refractivity contribution >= 4 is 5.91 Å². The zero-order valence-electron chi connectivity index (χ0n) is 15.1. The molecule has 1 unspecified atom stereocenters. The third-order valence-electron chi connectivity index (χ3n) is 5.71. The predicted octanol–water partition coefficient (Wildman–Crippen LogP) is 2.34. The molecule has 1 amide bonds. The predicted molar refractivity (Wildman–Crippen MR) is 98.9 cm³/mol. The van der Waals surface area contributed by atoms with Crippen molar-refractivity contribution in [3.05, 3.63) is 45.9 Å². The number of carbonyl (C=O) groups is 1. The van der Waals surface area contributed by atoms with Gasteiger partial charge >= 0.3 is 0 Å². The summed E-state index contributed by atoms with van der Waals surface area (Å²) in [4.78, 5) is 25.3. The van der Waals surface area contributed by atoms with E-state index in [-0.39, 0.29) is 17.4 Å². The molecule has 1 aromatic carbocycles. The molecule has 2 aromatic rings. The van der Waals surface area contributed by atoms with Gasteiger partial charge in [-0.15, -0.1) is 0 Å². The number of aromatic amines is 1. The number of H-pyrrole nitrogens is 1. The number of fused-ring (bicyclic) bond motifs is 1. The largest absolute Gasteiger partial charge is 0.497 e. The molecule has 2 aliphatic rings. The molecule has 1 heterocycles. The van der Waals surface area contributed by atoms with Gasteiger partial charge in [0.05, 0.1) is 12.8 Å². The van der Waals surface area contributed by atoms with Crippen LogP contribution in [0.25, 0.3) is 5.69 Å². The standard InChI is InChI=1S/C20H25N3O3/c1-26-16-9-7-15(8-10-16)23-20(25)17-11-5-13(6-12-18(17)22-23)19(24)21-14-3-2-4-14/h7-10,13-14,22H,2-6,11-12H2,1H3,(H,21,24). The van der Waals surface area contributed by atoms with Crippen LogP contribution in [0.5, 0.6) is 5.75 Å². The maximum Gasteiger partial charge on any atom is 0.274 e. The second-order valence-corrected chi connectivity index (χ2v) is 7.32. The van der Waals surface area contributed by atoms with E-state index in [0.717, 1.165) is 54.8 Å². The number of aromatic nitrogens is 2. The minimum atomic E-state index is -0.00906. The molecule has 6 nitrogen and oxygen atoms in total. The summed E-state index contributed by atoms with van der Waals surface area (Å²) in [6.45, 7) is 0. The van der Waals surface area contributed by atoms with E-state index in [9.17, 15) is 9.59 Å². The highest BCUT2D eigenvalue weighted by Crippen LogP contribution is 2.25. The molecule has 2 N–H and O–H groups in total. The zero-order valence-corrected chi connectivity index (χ0v) is 15.1. The number of nitrogens with one attached hydrogen (secondary N) is 2. The molecule has 2 aliphatic carbocycles. The number of benzene rings is 1. The lowest BCUT2D eigenvalue weighted by molar-refractivity contribution is -0.126. The van der Waals surface area contributed by atoms with Gasteiger partial charge in [0.1, 0.15) is 5.75 Å². The zero-order chi connectivity index (χ0) is 18.1. The summed E-state index contributed by atoms with van der Waals surface area (Å²) >= 11 is 0. The number of rotatable bonds is 4. The van der Waals surface area contributed by atoms with E-state index in [4.69, 9.17) is 4.74 Å². The SMILES string of the molecule is COc1ccc(-n2[nH]c3c(c2=O)CCC(C(=O)NC2CCC2)CC3)cc1. The smallest absolute Gasteiger partial charge is 0.274 e. The first-order valence-electron chi connectivity index (χ1n) is 9.43. The normalized spacial score (nSPS) is 20.0. The number of aryl methyl sites for hydroxylation is 1. The van der Waals surface area contributed by atoms with E-state index in [2.05, 4.69) is 10.4 Å². The molecule has 1 aromatic heterocycles. The van der Waals surface area contributed by atoms with Crippen LogP contribution in [0.4, 0.5) is 0 Å². The first-order chi connectivity index (χ1) is 12.7. The van der Waals surface area contributed by atoms with Crippen LogP contribution in [0, 0.1) is 5.92 Å². The highest BCUT2D eigenvalue weighted by Gasteiger charge is 2.28. The summed E-state index contributed by atoms with van der Waals surface area (Å²) in [5, 5.41) is 6.40. The van der Waals surface area contributed by atoms with Gasteiger partial charge in [-0.05, 0) is 69.2 Å². The third-order valence-corrected chi connectivity index (χ3v) is 5.71. The van der Waals surface area contributed by atoms with Crippen LogP contribution in [-0.2, 0) is 17.6 Å². The van der Waals surface area contributed by atoms with Crippen molar-refractivity contribution < 1.29 is 9.53 Å². The number of nitrogens with zero attached hydrogens (tertiary/aromatic N) is 1. The van der Waals surface area contributed by atoms with Crippen molar-refractivity contribution in [3.63, 3.8) is 0 Å². The third kappa shape index (κ3) is 3.16. The van der Waals surface area contributed by atoms with Crippen LogP contribution in [0.2, 0.25) is 0 Å². The Labute approximate surface area is 152 Å². The molecule has 0 radical (unpaired) electrons.